The van der Waals surface area contributed by atoms with Crippen LogP contribution in [0.5, 0.6) is 11.5 Å². The molecule has 0 amide bonds. The Bertz CT molecular complexity index is 1350. The highest BCUT2D eigenvalue weighted by Crippen LogP contribution is 2.39. The molecule has 1 aliphatic heterocycles. The van der Waals surface area contributed by atoms with Crippen LogP contribution in [0.25, 0.3) is 22.2 Å². The van der Waals surface area contributed by atoms with Crippen molar-refractivity contribution in [2.45, 2.75) is 44.7 Å². The molecule has 2 fully saturated rings. The third-order valence-corrected chi connectivity index (χ3v) is 8.17. The Morgan fingerprint density at radius 3 is 2.11 bits per heavy atom. The van der Waals surface area contributed by atoms with E-state index in [0.717, 1.165) is 46.5 Å². The molecule has 0 atom stereocenters. The van der Waals surface area contributed by atoms with Crippen molar-refractivity contribution in [3.05, 3.63) is 66.6 Å². The van der Waals surface area contributed by atoms with Gasteiger partial charge in [-0.3, -0.25) is 4.90 Å². The standard InChI is InChI=1S/C30H36N6O/c1-21-3-11-25(12-4-21)37-26-13-5-22(6-14-26)27-19-36(30-28(27)29(31)32-20-33-30)24-9-7-23(8-10-24)35-17-15-34(2)16-18-35/h3-6,11-14,19-20,23-24H,7-10,15-18H2,1-2H3,(H2,31,32,33)/t23-,24-. The third kappa shape index (κ3) is 4.93. The highest BCUT2D eigenvalue weighted by atomic mass is 16.5. The van der Waals surface area contributed by atoms with Gasteiger partial charge in [0.25, 0.3) is 0 Å². The first-order chi connectivity index (χ1) is 18.0. The number of nitrogens with two attached hydrogens (primary N) is 1. The number of aromatic nitrogens is 3. The number of anilines is 1. The monoisotopic (exact) mass is 496 g/mol. The number of benzene rings is 2. The average molecular weight is 497 g/mol. The maximum absolute atomic E-state index is 6.41. The lowest BCUT2D eigenvalue weighted by Crippen LogP contribution is -2.49. The van der Waals surface area contributed by atoms with Crippen LogP contribution < -0.4 is 10.5 Å². The lowest BCUT2D eigenvalue weighted by molar-refractivity contribution is 0.0828. The molecule has 7 nitrogen and oxygen atoms in total. The Balaban J connectivity index is 1.23. The Kier molecular flexibility index (Phi) is 6.57. The predicted octanol–water partition coefficient (Wildman–Crippen LogP) is 5.51. The molecule has 1 saturated carbocycles. The molecule has 6 rings (SSSR count). The minimum Gasteiger partial charge on any atom is -0.457 e. The molecular weight excluding hydrogens is 460 g/mol. The van der Waals surface area contributed by atoms with Gasteiger partial charge in [0.1, 0.15) is 29.3 Å². The number of piperazine rings is 1. The topological polar surface area (TPSA) is 72.4 Å². The van der Waals surface area contributed by atoms with Crippen LogP contribution in [0.2, 0.25) is 0 Å². The fraction of sp³-hybridized carbons (Fsp3) is 0.400. The molecule has 2 aromatic carbocycles. The predicted molar refractivity (Wildman–Crippen MR) is 149 cm³/mol. The van der Waals surface area contributed by atoms with Gasteiger partial charge in [-0.1, -0.05) is 29.8 Å². The first-order valence-corrected chi connectivity index (χ1v) is 13.4. The quantitative estimate of drug-likeness (QED) is 0.393. The molecular formula is C30H36N6O. The van der Waals surface area contributed by atoms with Crippen LogP contribution in [0.1, 0.15) is 37.3 Å². The van der Waals surface area contributed by atoms with Gasteiger partial charge in [0.2, 0.25) is 0 Å². The van der Waals surface area contributed by atoms with Crippen molar-refractivity contribution in [2.75, 3.05) is 39.0 Å². The van der Waals surface area contributed by atoms with Crippen molar-refractivity contribution in [1.29, 1.82) is 0 Å². The van der Waals surface area contributed by atoms with Gasteiger partial charge in [-0.25, -0.2) is 9.97 Å². The molecule has 3 heterocycles. The van der Waals surface area contributed by atoms with E-state index in [0.29, 0.717) is 17.9 Å². The smallest absolute Gasteiger partial charge is 0.146 e. The van der Waals surface area contributed by atoms with Gasteiger partial charge < -0.3 is 19.9 Å². The molecule has 1 aliphatic carbocycles. The van der Waals surface area contributed by atoms with E-state index in [1.54, 1.807) is 6.33 Å². The van der Waals surface area contributed by atoms with Gasteiger partial charge in [-0.05, 0) is 69.5 Å². The van der Waals surface area contributed by atoms with Gasteiger partial charge >= 0.3 is 0 Å². The zero-order chi connectivity index (χ0) is 25.4. The molecule has 1 saturated heterocycles. The number of hydrogen-bond donors (Lipinski definition) is 1. The van der Waals surface area contributed by atoms with Crippen LogP contribution in [0.3, 0.4) is 0 Å². The van der Waals surface area contributed by atoms with E-state index in [1.807, 2.05) is 24.3 Å². The number of fused-ring (bicyclic) bond motifs is 1. The van der Waals surface area contributed by atoms with Gasteiger partial charge in [0, 0.05) is 50.0 Å². The molecule has 7 heteroatoms. The average Bonchev–Trinajstić information content (AvgIpc) is 3.32. The third-order valence-electron chi connectivity index (χ3n) is 8.17. The van der Waals surface area contributed by atoms with Crippen molar-refractivity contribution < 1.29 is 4.74 Å². The molecule has 192 valence electrons. The van der Waals surface area contributed by atoms with Crippen LogP contribution in [-0.2, 0) is 0 Å². The van der Waals surface area contributed by atoms with E-state index in [2.05, 4.69) is 63.8 Å². The summed E-state index contributed by atoms with van der Waals surface area (Å²) in [6.45, 7) is 6.81. The van der Waals surface area contributed by atoms with Crippen molar-refractivity contribution in [1.82, 2.24) is 24.3 Å². The van der Waals surface area contributed by atoms with Crippen LogP contribution >= 0.6 is 0 Å². The summed E-state index contributed by atoms with van der Waals surface area (Å²) < 4.78 is 8.40. The number of ether oxygens (including phenoxy) is 1. The maximum Gasteiger partial charge on any atom is 0.146 e. The van der Waals surface area contributed by atoms with E-state index < -0.39 is 0 Å². The molecule has 37 heavy (non-hydrogen) atoms. The molecule has 2 aliphatic rings. The second-order valence-corrected chi connectivity index (χ2v) is 10.6. The normalized spacial score (nSPS) is 21.4. The zero-order valence-electron chi connectivity index (χ0n) is 21.8. The highest BCUT2D eigenvalue weighted by molar-refractivity contribution is 6.00. The number of nitrogen functional groups attached to an aromatic ring is 1. The second-order valence-electron chi connectivity index (χ2n) is 10.6. The maximum atomic E-state index is 6.41. The summed E-state index contributed by atoms with van der Waals surface area (Å²) in [5.41, 5.74) is 10.7. The summed E-state index contributed by atoms with van der Waals surface area (Å²) in [5, 5.41) is 0.941. The molecule has 2 aromatic heterocycles. The minimum atomic E-state index is 0.429. The lowest BCUT2D eigenvalue weighted by Gasteiger charge is -2.41. The van der Waals surface area contributed by atoms with Gasteiger partial charge in [-0.2, -0.15) is 0 Å². The Hall–Kier alpha value is -3.42. The van der Waals surface area contributed by atoms with Gasteiger partial charge in [0.15, 0.2) is 0 Å². The fourth-order valence-electron chi connectivity index (χ4n) is 5.94. The van der Waals surface area contributed by atoms with Gasteiger partial charge in [0.05, 0.1) is 5.39 Å². The van der Waals surface area contributed by atoms with E-state index in [4.69, 9.17) is 15.5 Å². The van der Waals surface area contributed by atoms with Gasteiger partial charge in [-0.15, -0.1) is 0 Å². The molecule has 4 aromatic rings. The summed E-state index contributed by atoms with van der Waals surface area (Å²) in [7, 11) is 2.22. The Morgan fingerprint density at radius 1 is 0.811 bits per heavy atom. The molecule has 2 N–H and O–H groups in total. The molecule has 0 radical (unpaired) electrons. The second kappa shape index (κ2) is 10.1. The van der Waals surface area contributed by atoms with E-state index in [1.165, 1.54) is 44.6 Å². The lowest BCUT2D eigenvalue weighted by atomic mass is 9.89. The van der Waals surface area contributed by atoms with E-state index >= 15 is 0 Å². The largest absolute Gasteiger partial charge is 0.457 e. The summed E-state index contributed by atoms with van der Waals surface area (Å²) in [6, 6.07) is 17.4. The van der Waals surface area contributed by atoms with Crippen LogP contribution in [0.4, 0.5) is 5.82 Å². The summed E-state index contributed by atoms with van der Waals surface area (Å²) in [6.07, 6.45) is 8.61. The van der Waals surface area contributed by atoms with Crippen LogP contribution in [0, 0.1) is 6.92 Å². The number of nitrogens with zero attached hydrogens (tertiary/aromatic N) is 5. The first-order valence-electron chi connectivity index (χ1n) is 13.4. The van der Waals surface area contributed by atoms with E-state index in [-0.39, 0.29) is 0 Å². The SMILES string of the molecule is Cc1ccc(Oc2ccc(-c3cn([C@H]4CC[C@H](N5CCN(C)CC5)CC4)c4ncnc(N)c34)cc2)cc1. The molecule has 0 bridgehead atoms. The fourth-order valence-corrected chi connectivity index (χ4v) is 5.94. The summed E-state index contributed by atoms with van der Waals surface area (Å²) in [4.78, 5) is 14.2. The summed E-state index contributed by atoms with van der Waals surface area (Å²) in [5.74, 6) is 2.17. The van der Waals surface area contributed by atoms with Crippen LogP contribution in [-0.4, -0.2) is 63.6 Å². The number of hydrogen-bond acceptors (Lipinski definition) is 6. The first kappa shape index (κ1) is 23.9. The number of aryl methyl sites for hydroxylation is 1. The van der Waals surface area contributed by atoms with Crippen molar-refractivity contribution in [2.24, 2.45) is 0 Å². The van der Waals surface area contributed by atoms with E-state index in [9.17, 15) is 0 Å². The minimum absolute atomic E-state index is 0.429. The Labute approximate surface area is 218 Å². The van der Waals surface area contributed by atoms with Crippen molar-refractivity contribution >= 4 is 16.9 Å². The number of rotatable bonds is 5. The molecule has 0 unspecified atom stereocenters. The van der Waals surface area contributed by atoms with Crippen LogP contribution in [0.15, 0.2) is 61.1 Å². The highest BCUT2D eigenvalue weighted by Gasteiger charge is 2.29. The molecule has 0 spiro atoms. The van der Waals surface area contributed by atoms with Crippen molar-refractivity contribution in [3.63, 3.8) is 0 Å². The summed E-state index contributed by atoms with van der Waals surface area (Å²) >= 11 is 0. The Morgan fingerprint density at radius 2 is 1.43 bits per heavy atom. The number of likely N-dealkylation sites (N-methyl/N-ethyl adjacent to an activating group) is 1. The van der Waals surface area contributed by atoms with Crippen molar-refractivity contribution in [3.8, 4) is 22.6 Å². The zero-order valence-corrected chi connectivity index (χ0v) is 21.8.